The number of aliphatic carboxylic acids is 1. The molecule has 0 radical (unpaired) electrons. The standard InChI is InChI=1S/C18H34N6O7S/c1-9(25)14(17(29)22-11(18(30)31)4-2-3-7-19)24-16(28)12(8-32)23-15(27)10(20)5-6-13(21)26/h9-12,14,25,32H,2-8,19-20H2,1H3,(H2,21,26)(H,22,29)(H,23,27)(H,24,28)(H,30,31). The number of amides is 4. The van der Waals surface area contributed by atoms with Crippen LogP contribution >= 0.6 is 12.6 Å². The fourth-order valence-electron chi connectivity index (χ4n) is 2.57. The van der Waals surface area contributed by atoms with Crippen molar-refractivity contribution >= 4 is 42.2 Å². The Morgan fingerprint density at radius 2 is 1.53 bits per heavy atom. The van der Waals surface area contributed by atoms with E-state index in [1.54, 1.807) is 0 Å². The number of unbranched alkanes of at least 4 members (excludes halogenated alkanes) is 1. The summed E-state index contributed by atoms with van der Waals surface area (Å²) in [6.45, 7) is 1.61. The Labute approximate surface area is 191 Å². The number of nitrogens with one attached hydrogen (secondary N) is 3. The molecule has 0 fully saturated rings. The van der Waals surface area contributed by atoms with Crippen LogP contribution in [0.1, 0.15) is 39.0 Å². The number of thiol groups is 1. The zero-order valence-corrected chi connectivity index (χ0v) is 18.8. The van der Waals surface area contributed by atoms with Crippen LogP contribution in [0.5, 0.6) is 0 Å². The predicted molar refractivity (Wildman–Crippen MR) is 118 cm³/mol. The van der Waals surface area contributed by atoms with Gasteiger partial charge in [0.25, 0.3) is 0 Å². The topological polar surface area (TPSA) is 240 Å². The van der Waals surface area contributed by atoms with Gasteiger partial charge in [0.2, 0.25) is 23.6 Å². The second-order valence-corrected chi connectivity index (χ2v) is 7.63. The van der Waals surface area contributed by atoms with E-state index < -0.39 is 59.9 Å². The highest BCUT2D eigenvalue weighted by molar-refractivity contribution is 7.80. The van der Waals surface area contributed by atoms with Gasteiger partial charge in [0, 0.05) is 12.2 Å². The highest BCUT2D eigenvalue weighted by Gasteiger charge is 2.32. The molecule has 0 aliphatic rings. The van der Waals surface area contributed by atoms with Crippen molar-refractivity contribution in [1.29, 1.82) is 0 Å². The molecule has 184 valence electrons. The molecule has 0 aromatic heterocycles. The molecule has 0 aromatic rings. The lowest BCUT2D eigenvalue weighted by molar-refractivity contribution is -0.143. The second-order valence-electron chi connectivity index (χ2n) is 7.27. The van der Waals surface area contributed by atoms with E-state index in [0.29, 0.717) is 19.4 Å². The average Bonchev–Trinajstić information content (AvgIpc) is 2.72. The second kappa shape index (κ2) is 15.4. The van der Waals surface area contributed by atoms with Gasteiger partial charge in [0.15, 0.2) is 0 Å². The third kappa shape index (κ3) is 11.3. The Hall–Kier alpha value is -2.42. The lowest BCUT2D eigenvalue weighted by Gasteiger charge is -2.26. The van der Waals surface area contributed by atoms with Gasteiger partial charge in [-0.05, 0) is 39.2 Å². The van der Waals surface area contributed by atoms with Crippen LogP contribution in [0.3, 0.4) is 0 Å². The van der Waals surface area contributed by atoms with E-state index in [1.165, 1.54) is 6.92 Å². The first-order valence-corrected chi connectivity index (χ1v) is 10.7. The van der Waals surface area contributed by atoms with Crippen molar-refractivity contribution in [3.63, 3.8) is 0 Å². The summed E-state index contributed by atoms with van der Waals surface area (Å²) < 4.78 is 0. The summed E-state index contributed by atoms with van der Waals surface area (Å²) in [5.41, 5.74) is 16.0. The Morgan fingerprint density at radius 3 is 2.00 bits per heavy atom. The number of carboxylic acids is 1. The van der Waals surface area contributed by atoms with Crippen LogP contribution in [-0.2, 0) is 24.0 Å². The van der Waals surface area contributed by atoms with E-state index in [4.69, 9.17) is 17.2 Å². The summed E-state index contributed by atoms with van der Waals surface area (Å²) >= 11 is 4.00. The van der Waals surface area contributed by atoms with Crippen molar-refractivity contribution in [2.75, 3.05) is 12.3 Å². The first kappa shape index (κ1) is 29.6. The van der Waals surface area contributed by atoms with Gasteiger partial charge in [-0.1, -0.05) is 0 Å². The van der Waals surface area contributed by atoms with Gasteiger partial charge in [0.05, 0.1) is 12.1 Å². The van der Waals surface area contributed by atoms with Crippen LogP contribution in [0.2, 0.25) is 0 Å². The van der Waals surface area contributed by atoms with Crippen molar-refractivity contribution in [2.24, 2.45) is 17.2 Å². The summed E-state index contributed by atoms with van der Waals surface area (Å²) in [7, 11) is 0. The highest BCUT2D eigenvalue weighted by Crippen LogP contribution is 2.04. The molecule has 5 unspecified atom stereocenters. The van der Waals surface area contributed by atoms with Crippen LogP contribution in [0, 0.1) is 0 Å². The number of aliphatic hydroxyl groups is 1. The number of aliphatic hydroxyl groups excluding tert-OH is 1. The van der Waals surface area contributed by atoms with Gasteiger partial charge in [-0.3, -0.25) is 19.2 Å². The zero-order chi connectivity index (χ0) is 24.8. The minimum absolute atomic E-state index is 0.0263. The summed E-state index contributed by atoms with van der Waals surface area (Å²) in [4.78, 5) is 59.4. The molecule has 0 bridgehead atoms. The van der Waals surface area contributed by atoms with Crippen LogP contribution in [0.25, 0.3) is 0 Å². The minimum Gasteiger partial charge on any atom is -0.480 e. The number of nitrogens with two attached hydrogens (primary N) is 3. The van der Waals surface area contributed by atoms with Crippen molar-refractivity contribution in [1.82, 2.24) is 16.0 Å². The number of rotatable bonds is 16. The molecule has 0 aliphatic carbocycles. The van der Waals surface area contributed by atoms with E-state index in [1.807, 2.05) is 0 Å². The van der Waals surface area contributed by atoms with Crippen LogP contribution in [0.4, 0.5) is 0 Å². The molecule has 14 heteroatoms. The Balaban J connectivity index is 5.09. The van der Waals surface area contributed by atoms with Gasteiger partial charge in [-0.15, -0.1) is 0 Å². The Morgan fingerprint density at radius 1 is 0.938 bits per heavy atom. The molecule has 0 rings (SSSR count). The highest BCUT2D eigenvalue weighted by atomic mass is 32.1. The third-order valence-electron chi connectivity index (χ3n) is 4.48. The molecule has 0 saturated heterocycles. The largest absolute Gasteiger partial charge is 0.480 e. The lowest BCUT2D eigenvalue weighted by Crippen LogP contribution is -2.60. The monoisotopic (exact) mass is 478 g/mol. The minimum atomic E-state index is -1.48. The van der Waals surface area contributed by atoms with Gasteiger partial charge in [0.1, 0.15) is 18.1 Å². The normalized spacial score (nSPS) is 15.5. The maximum atomic E-state index is 12.5. The van der Waals surface area contributed by atoms with E-state index in [0.717, 1.165) is 0 Å². The van der Waals surface area contributed by atoms with Gasteiger partial charge < -0.3 is 43.4 Å². The molecule has 4 amide bonds. The molecule has 0 spiro atoms. The number of carboxylic acid groups (broad SMARTS) is 1. The smallest absolute Gasteiger partial charge is 0.326 e. The maximum Gasteiger partial charge on any atom is 0.326 e. The Kier molecular flexibility index (Phi) is 14.2. The zero-order valence-electron chi connectivity index (χ0n) is 18.0. The number of hydrogen-bond acceptors (Lipinski definition) is 9. The first-order valence-electron chi connectivity index (χ1n) is 10.1. The summed E-state index contributed by atoms with van der Waals surface area (Å²) in [6.07, 6.45) is -0.359. The predicted octanol–water partition coefficient (Wildman–Crippen LogP) is -3.44. The SMILES string of the molecule is CC(O)C(NC(=O)C(CS)NC(=O)C(N)CCC(N)=O)C(=O)NC(CCCCN)C(=O)O. The fourth-order valence-corrected chi connectivity index (χ4v) is 2.83. The number of carbonyl (C=O) groups is 5. The van der Waals surface area contributed by atoms with Crippen molar-refractivity contribution in [3.05, 3.63) is 0 Å². The van der Waals surface area contributed by atoms with E-state index in [2.05, 4.69) is 28.6 Å². The summed E-state index contributed by atoms with van der Waals surface area (Å²) in [5, 5.41) is 26.1. The van der Waals surface area contributed by atoms with Crippen molar-refractivity contribution in [2.45, 2.75) is 69.3 Å². The molecular formula is C18H34N6O7S. The molecule has 13 nitrogen and oxygen atoms in total. The summed E-state index contributed by atoms with van der Waals surface area (Å²) in [5.74, 6) is -4.54. The van der Waals surface area contributed by atoms with Crippen LogP contribution in [-0.4, -0.2) is 82.4 Å². The third-order valence-corrected chi connectivity index (χ3v) is 4.84. The number of hydrogen-bond donors (Lipinski definition) is 9. The first-order chi connectivity index (χ1) is 14.9. The Bertz CT molecular complexity index is 664. The van der Waals surface area contributed by atoms with E-state index in [-0.39, 0.29) is 25.0 Å². The van der Waals surface area contributed by atoms with Crippen LogP contribution in [0.15, 0.2) is 0 Å². The van der Waals surface area contributed by atoms with Gasteiger partial charge >= 0.3 is 5.97 Å². The molecule has 0 aliphatic heterocycles. The molecule has 32 heavy (non-hydrogen) atoms. The molecular weight excluding hydrogens is 444 g/mol. The molecule has 0 heterocycles. The molecule has 0 aromatic carbocycles. The maximum absolute atomic E-state index is 12.5. The van der Waals surface area contributed by atoms with Crippen molar-refractivity contribution < 1.29 is 34.2 Å². The van der Waals surface area contributed by atoms with E-state index in [9.17, 15) is 34.2 Å². The quantitative estimate of drug-likeness (QED) is 0.0790. The fraction of sp³-hybridized carbons (Fsp3) is 0.722. The van der Waals surface area contributed by atoms with E-state index >= 15 is 0 Å². The average molecular weight is 479 g/mol. The molecule has 5 atom stereocenters. The lowest BCUT2D eigenvalue weighted by atomic mass is 10.1. The number of primary amides is 1. The van der Waals surface area contributed by atoms with Gasteiger partial charge in [-0.25, -0.2) is 4.79 Å². The molecule has 11 N–H and O–H groups in total. The summed E-state index contributed by atoms with van der Waals surface area (Å²) in [6, 6.07) is -5.02. The number of carbonyl (C=O) groups excluding carboxylic acids is 4. The molecule has 0 saturated carbocycles. The van der Waals surface area contributed by atoms with Crippen LogP contribution < -0.4 is 33.2 Å². The van der Waals surface area contributed by atoms with Gasteiger partial charge in [-0.2, -0.15) is 12.6 Å². The van der Waals surface area contributed by atoms with Crippen molar-refractivity contribution in [3.8, 4) is 0 Å².